The Morgan fingerprint density at radius 2 is 2.00 bits per heavy atom. The lowest BCUT2D eigenvalue weighted by Gasteiger charge is -2.20. The SMILES string of the molecule is CC(C)(C)OC(=O)Nc1cc(C(=O)NC2C3=C(CCC=C3)c3c(-c4nc5ccncc5[nH]4)cccc32)ccn1. The summed E-state index contributed by atoms with van der Waals surface area (Å²) in [5.41, 5.74) is 6.89. The largest absolute Gasteiger partial charge is 0.444 e. The van der Waals surface area contributed by atoms with Crippen LogP contribution in [0.3, 0.4) is 0 Å². The highest BCUT2D eigenvalue weighted by Gasteiger charge is 2.34. The Balaban J connectivity index is 1.31. The molecule has 0 saturated carbocycles. The van der Waals surface area contributed by atoms with Crippen molar-refractivity contribution in [2.24, 2.45) is 0 Å². The number of hydrogen-bond donors (Lipinski definition) is 3. The van der Waals surface area contributed by atoms with Crippen LogP contribution in [0, 0.1) is 0 Å². The van der Waals surface area contributed by atoms with E-state index in [1.165, 1.54) is 11.8 Å². The number of ether oxygens (including phenoxy) is 1. The van der Waals surface area contributed by atoms with Gasteiger partial charge in [0, 0.05) is 23.5 Å². The molecule has 39 heavy (non-hydrogen) atoms. The number of carbonyl (C=O) groups excluding carboxylic acids is 2. The molecule has 1 atom stereocenters. The highest BCUT2D eigenvalue weighted by atomic mass is 16.6. The van der Waals surface area contributed by atoms with Crippen LogP contribution in [-0.2, 0) is 4.74 Å². The first-order valence-corrected chi connectivity index (χ1v) is 12.9. The van der Waals surface area contributed by atoms with E-state index in [1.807, 2.05) is 12.1 Å². The molecule has 1 aromatic carbocycles. The number of aromatic nitrogens is 4. The van der Waals surface area contributed by atoms with Crippen molar-refractivity contribution in [3.8, 4) is 11.4 Å². The topological polar surface area (TPSA) is 122 Å². The van der Waals surface area contributed by atoms with Crippen LogP contribution in [0.1, 0.15) is 61.1 Å². The molecule has 2 aliphatic rings. The van der Waals surface area contributed by atoms with Gasteiger partial charge in [-0.25, -0.2) is 14.8 Å². The third kappa shape index (κ3) is 4.79. The molecule has 0 saturated heterocycles. The second kappa shape index (κ2) is 9.50. The minimum atomic E-state index is -0.647. The fourth-order valence-corrected chi connectivity index (χ4v) is 5.14. The molecule has 2 amide bonds. The van der Waals surface area contributed by atoms with E-state index in [0.717, 1.165) is 52.0 Å². The second-order valence-electron chi connectivity index (χ2n) is 10.6. The average Bonchev–Trinajstić information content (AvgIpc) is 3.47. The van der Waals surface area contributed by atoms with Crippen molar-refractivity contribution in [2.45, 2.75) is 45.3 Å². The fraction of sp³-hybridized carbons (Fsp3) is 0.233. The summed E-state index contributed by atoms with van der Waals surface area (Å²) in [6.45, 7) is 5.34. The third-order valence-corrected chi connectivity index (χ3v) is 6.69. The molecule has 3 aromatic heterocycles. The van der Waals surface area contributed by atoms with E-state index in [2.05, 4.69) is 49.9 Å². The smallest absolute Gasteiger partial charge is 0.413 e. The van der Waals surface area contributed by atoms with Gasteiger partial charge in [-0.2, -0.15) is 0 Å². The summed E-state index contributed by atoms with van der Waals surface area (Å²) in [4.78, 5) is 42.2. The molecule has 6 rings (SSSR count). The maximum atomic E-state index is 13.5. The molecule has 0 fully saturated rings. The molecule has 3 N–H and O–H groups in total. The van der Waals surface area contributed by atoms with Crippen molar-refractivity contribution in [3.05, 3.63) is 89.4 Å². The second-order valence-corrected chi connectivity index (χ2v) is 10.6. The van der Waals surface area contributed by atoms with Crippen LogP contribution in [0.5, 0.6) is 0 Å². The molecule has 2 aliphatic carbocycles. The van der Waals surface area contributed by atoms with Crippen LogP contribution in [0.25, 0.3) is 28.0 Å². The first kappa shape index (κ1) is 24.5. The molecule has 4 aromatic rings. The third-order valence-electron chi connectivity index (χ3n) is 6.69. The zero-order chi connectivity index (χ0) is 27.1. The van der Waals surface area contributed by atoms with E-state index in [1.54, 1.807) is 45.3 Å². The number of nitrogens with one attached hydrogen (secondary N) is 3. The Labute approximate surface area is 225 Å². The number of fused-ring (bicyclic) bond motifs is 3. The summed E-state index contributed by atoms with van der Waals surface area (Å²) in [5, 5.41) is 5.81. The summed E-state index contributed by atoms with van der Waals surface area (Å²) in [5.74, 6) is 0.742. The number of anilines is 1. The molecule has 0 bridgehead atoms. The predicted octanol–water partition coefficient (Wildman–Crippen LogP) is 5.96. The van der Waals surface area contributed by atoms with E-state index < -0.39 is 11.7 Å². The van der Waals surface area contributed by atoms with Crippen molar-refractivity contribution < 1.29 is 14.3 Å². The van der Waals surface area contributed by atoms with E-state index >= 15 is 0 Å². The Hall–Kier alpha value is -4.79. The van der Waals surface area contributed by atoms with Gasteiger partial charge in [0.15, 0.2) is 0 Å². The van der Waals surface area contributed by atoms with Crippen LogP contribution < -0.4 is 10.6 Å². The molecule has 3 heterocycles. The quantitative estimate of drug-likeness (QED) is 0.305. The van der Waals surface area contributed by atoms with Gasteiger partial charge in [-0.3, -0.25) is 15.1 Å². The number of pyridine rings is 2. The number of aromatic amines is 1. The van der Waals surface area contributed by atoms with Gasteiger partial charge in [0.25, 0.3) is 5.91 Å². The molecule has 1 unspecified atom stereocenters. The van der Waals surface area contributed by atoms with E-state index in [0.29, 0.717) is 5.56 Å². The number of carbonyl (C=O) groups is 2. The van der Waals surface area contributed by atoms with Crippen molar-refractivity contribution >= 4 is 34.4 Å². The van der Waals surface area contributed by atoms with Crippen LogP contribution in [0.15, 0.2) is 72.7 Å². The van der Waals surface area contributed by atoms with Gasteiger partial charge in [-0.1, -0.05) is 30.4 Å². The molecule has 0 spiro atoms. The standard InChI is InChI=1S/C30H28N6O3/c1-30(2,3)39-29(38)35-24-15-17(11-14-32-24)28(37)36-26-19-8-5-4-7-18(19)25-20(26)9-6-10-21(25)27-33-22-12-13-31-16-23(22)34-27/h5-6,8-16,26H,4,7H2,1-3H3,(H,33,34)(H,36,37)(H,32,35,38). The number of amides is 2. The molecule has 0 radical (unpaired) electrons. The number of imidazole rings is 1. The predicted molar refractivity (Wildman–Crippen MR) is 149 cm³/mol. The van der Waals surface area contributed by atoms with E-state index in [4.69, 9.17) is 9.72 Å². The lowest BCUT2D eigenvalue weighted by Crippen LogP contribution is -2.29. The Morgan fingerprint density at radius 1 is 1.13 bits per heavy atom. The Morgan fingerprint density at radius 3 is 2.82 bits per heavy atom. The number of allylic oxidation sites excluding steroid dienone is 2. The van der Waals surface area contributed by atoms with Crippen LogP contribution in [0.2, 0.25) is 0 Å². The van der Waals surface area contributed by atoms with Gasteiger partial charge in [0.1, 0.15) is 17.2 Å². The maximum absolute atomic E-state index is 13.5. The zero-order valence-corrected chi connectivity index (χ0v) is 21.9. The van der Waals surface area contributed by atoms with Crippen LogP contribution in [0.4, 0.5) is 10.6 Å². The monoisotopic (exact) mass is 520 g/mol. The highest BCUT2D eigenvalue weighted by molar-refractivity contribution is 5.98. The molecule has 196 valence electrons. The van der Waals surface area contributed by atoms with E-state index in [9.17, 15) is 9.59 Å². The normalized spacial score (nSPS) is 16.1. The molecular formula is C30H28N6O3. The molecule has 9 heteroatoms. The Kier molecular flexibility index (Phi) is 5.98. The molecule has 0 aliphatic heterocycles. The number of benzene rings is 1. The Bertz CT molecular complexity index is 1640. The highest BCUT2D eigenvalue weighted by Crippen LogP contribution is 2.48. The van der Waals surface area contributed by atoms with Crippen LogP contribution in [-0.4, -0.2) is 37.5 Å². The number of hydrogen-bond acceptors (Lipinski definition) is 6. The summed E-state index contributed by atoms with van der Waals surface area (Å²) < 4.78 is 5.30. The minimum absolute atomic E-state index is 0.239. The lowest BCUT2D eigenvalue weighted by molar-refractivity contribution is 0.0635. The van der Waals surface area contributed by atoms with Crippen molar-refractivity contribution in [2.75, 3.05) is 5.32 Å². The van der Waals surface area contributed by atoms with Crippen molar-refractivity contribution in [3.63, 3.8) is 0 Å². The lowest BCUT2D eigenvalue weighted by atomic mass is 9.93. The maximum Gasteiger partial charge on any atom is 0.413 e. The number of nitrogens with zero attached hydrogens (tertiary/aromatic N) is 3. The van der Waals surface area contributed by atoms with Crippen molar-refractivity contribution in [1.29, 1.82) is 0 Å². The molecular weight excluding hydrogens is 492 g/mol. The summed E-state index contributed by atoms with van der Waals surface area (Å²) >= 11 is 0. The summed E-state index contributed by atoms with van der Waals surface area (Å²) in [7, 11) is 0. The van der Waals surface area contributed by atoms with Crippen molar-refractivity contribution in [1.82, 2.24) is 25.3 Å². The average molecular weight is 521 g/mol. The van der Waals surface area contributed by atoms with Crippen LogP contribution >= 0.6 is 0 Å². The first-order valence-electron chi connectivity index (χ1n) is 12.9. The van der Waals surface area contributed by atoms with E-state index in [-0.39, 0.29) is 17.8 Å². The zero-order valence-electron chi connectivity index (χ0n) is 21.9. The van der Waals surface area contributed by atoms with Gasteiger partial charge in [0.05, 0.1) is 23.3 Å². The van der Waals surface area contributed by atoms with Gasteiger partial charge < -0.3 is 15.0 Å². The molecule has 9 nitrogen and oxygen atoms in total. The van der Waals surface area contributed by atoms with Gasteiger partial charge in [0.2, 0.25) is 0 Å². The van der Waals surface area contributed by atoms with Gasteiger partial charge >= 0.3 is 6.09 Å². The van der Waals surface area contributed by atoms with Gasteiger partial charge in [-0.05, 0) is 74.1 Å². The van der Waals surface area contributed by atoms with Gasteiger partial charge in [-0.15, -0.1) is 0 Å². The first-order chi connectivity index (χ1) is 18.8. The number of H-pyrrole nitrogens is 1. The summed E-state index contributed by atoms with van der Waals surface area (Å²) in [6, 6.07) is 10.8. The number of rotatable bonds is 4. The fourth-order valence-electron chi connectivity index (χ4n) is 5.14. The minimum Gasteiger partial charge on any atom is -0.444 e. The summed E-state index contributed by atoms with van der Waals surface area (Å²) in [6.07, 6.45) is 10.4.